The molecule has 2 atom stereocenters. The Bertz CT molecular complexity index is 557. The van der Waals surface area contributed by atoms with Gasteiger partial charge in [-0.1, -0.05) is 17.4 Å². The fourth-order valence-electron chi connectivity index (χ4n) is 1.33. The van der Waals surface area contributed by atoms with E-state index in [-0.39, 0.29) is 23.8 Å². The Hall–Kier alpha value is -1.06. The van der Waals surface area contributed by atoms with Gasteiger partial charge in [0.15, 0.2) is 6.10 Å². The van der Waals surface area contributed by atoms with Crippen LogP contribution in [0.25, 0.3) is 0 Å². The highest BCUT2D eigenvalue weighted by Crippen LogP contribution is 2.70. The average Bonchev–Trinajstić information content (AvgIpc) is 2.50. The van der Waals surface area contributed by atoms with Gasteiger partial charge >= 0.3 is 17.7 Å². The van der Waals surface area contributed by atoms with Crippen LogP contribution in [0.2, 0.25) is 0 Å². The second kappa shape index (κ2) is 9.16. The summed E-state index contributed by atoms with van der Waals surface area (Å²) in [5, 5.41) is 17.5. The molecule has 0 aliphatic rings. The van der Waals surface area contributed by atoms with Gasteiger partial charge in [-0.05, 0) is 18.6 Å². The van der Waals surface area contributed by atoms with Crippen molar-refractivity contribution < 1.29 is 33.4 Å². The summed E-state index contributed by atoms with van der Waals surface area (Å²) in [4.78, 5) is 25.5. The Morgan fingerprint density at radius 2 is 2.09 bits per heavy atom. The first kappa shape index (κ1) is 19.0. The molecule has 1 rings (SSSR count). The van der Waals surface area contributed by atoms with E-state index in [9.17, 15) is 14.2 Å². The van der Waals surface area contributed by atoms with Gasteiger partial charge in [-0.15, -0.1) is 0 Å². The van der Waals surface area contributed by atoms with Crippen LogP contribution in [0, 0.1) is 0 Å². The highest BCUT2D eigenvalue weighted by atomic mass is 33.1. The molecule has 1 heterocycles. The van der Waals surface area contributed by atoms with Gasteiger partial charge in [-0.2, -0.15) is 0 Å². The summed E-state index contributed by atoms with van der Waals surface area (Å²) in [6, 6.07) is 5.11. The zero-order valence-corrected chi connectivity index (χ0v) is 13.7. The highest BCUT2D eigenvalue weighted by molar-refractivity contribution is 8.87. The summed E-state index contributed by atoms with van der Waals surface area (Å²) in [5.74, 6) is -6.24. The van der Waals surface area contributed by atoms with E-state index in [1.54, 1.807) is 24.4 Å². The molecule has 0 spiro atoms. The third kappa shape index (κ3) is 6.80. The van der Waals surface area contributed by atoms with E-state index in [1.165, 1.54) is 0 Å². The van der Waals surface area contributed by atoms with Gasteiger partial charge in [0, 0.05) is 18.4 Å². The lowest BCUT2D eigenvalue weighted by Crippen LogP contribution is -2.23. The molecule has 0 aromatic carbocycles. The van der Waals surface area contributed by atoms with Crippen molar-refractivity contribution in [3.05, 3.63) is 30.1 Å². The monoisotopic (exact) mass is 367 g/mol. The Kier molecular flexibility index (Phi) is 7.91. The fraction of sp³-hybridized carbons (Fsp3) is 0.364. The number of aromatic nitrogens is 1. The molecule has 0 saturated carbocycles. The number of carbonyl (C=O) groups is 2. The zero-order chi connectivity index (χ0) is 16.6. The van der Waals surface area contributed by atoms with E-state index in [4.69, 9.17) is 19.3 Å². The molecule has 11 heteroatoms. The summed E-state index contributed by atoms with van der Waals surface area (Å²) < 4.78 is 26.4. The van der Waals surface area contributed by atoms with Crippen molar-refractivity contribution in [3.63, 3.8) is 0 Å². The molecular weight excluding hydrogens is 353 g/mol. The third-order valence-corrected chi connectivity index (χ3v) is 7.80. The zero-order valence-electron chi connectivity index (χ0n) is 11.2. The van der Waals surface area contributed by atoms with Crippen LogP contribution in [0.3, 0.4) is 0 Å². The lowest BCUT2D eigenvalue weighted by molar-refractivity contribution is -0.146. The molecule has 0 bridgehead atoms. The molecule has 122 valence electrons. The lowest BCUT2D eigenvalue weighted by atomic mass is 10.2. The summed E-state index contributed by atoms with van der Waals surface area (Å²) in [5.41, 5.74) is 0.586. The number of carboxylic acids is 2. The van der Waals surface area contributed by atoms with Crippen LogP contribution >= 0.6 is 28.8 Å². The predicted octanol–water partition coefficient (Wildman–Crippen LogP) is 2.96. The highest BCUT2D eigenvalue weighted by Gasteiger charge is 2.33. The molecule has 0 radical (unpaired) electrons. The first-order valence-electron chi connectivity index (χ1n) is 5.97. The number of rotatable bonds is 10. The van der Waals surface area contributed by atoms with E-state index < -0.39 is 30.2 Å². The lowest BCUT2D eigenvalue weighted by Gasteiger charge is -2.18. The third-order valence-electron chi connectivity index (χ3n) is 2.35. The number of pyridine rings is 1. The molecule has 3 N–H and O–H groups in total. The molecule has 8 nitrogen and oxygen atoms in total. The number of nitrogens with zero attached hydrogens (tertiary/aromatic N) is 1. The van der Waals surface area contributed by atoms with Crippen LogP contribution in [0.1, 0.15) is 18.5 Å². The fourth-order valence-corrected chi connectivity index (χ4v) is 5.28. The van der Waals surface area contributed by atoms with E-state index in [1.807, 2.05) is 0 Å². The van der Waals surface area contributed by atoms with Crippen LogP contribution in [0.4, 0.5) is 0 Å². The number of carboxylic acid groups (broad SMARTS) is 2. The molecule has 22 heavy (non-hydrogen) atoms. The molecule has 1 aromatic heterocycles. The molecule has 1 aromatic rings. The van der Waals surface area contributed by atoms with Crippen molar-refractivity contribution in [2.45, 2.75) is 24.7 Å². The van der Waals surface area contributed by atoms with Crippen LogP contribution in [0.15, 0.2) is 24.4 Å². The number of aliphatic carboxylic acids is 2. The van der Waals surface area contributed by atoms with Gasteiger partial charge in [0.25, 0.3) is 0 Å². The van der Waals surface area contributed by atoms with Gasteiger partial charge in [-0.3, -0.25) is 18.9 Å². The van der Waals surface area contributed by atoms with Crippen molar-refractivity contribution in [1.29, 1.82) is 0 Å². The normalized spacial score (nSPS) is 15.0. The maximum absolute atomic E-state index is 12.3. The Morgan fingerprint density at radius 3 is 2.59 bits per heavy atom. The largest absolute Gasteiger partial charge is 0.481 e. The van der Waals surface area contributed by atoms with Gasteiger partial charge in [0.2, 0.25) is 0 Å². The average molecular weight is 367 g/mol. The minimum atomic E-state index is -3.76. The van der Waals surface area contributed by atoms with Crippen molar-refractivity contribution in [2.24, 2.45) is 0 Å². The topological polar surface area (TPSA) is 134 Å². The quantitative estimate of drug-likeness (QED) is 0.418. The number of hydrogen-bond donors (Lipinski definition) is 3. The van der Waals surface area contributed by atoms with Crippen LogP contribution in [-0.4, -0.2) is 37.8 Å². The first-order chi connectivity index (χ1) is 10.4. The minimum Gasteiger partial charge on any atom is -0.481 e. The molecule has 0 aliphatic heterocycles. The SMILES string of the molecule is O=C(O)CCC(OP(=O)(SO)SCc1ccccn1)C(=O)O. The molecule has 0 fully saturated rings. The summed E-state index contributed by atoms with van der Waals surface area (Å²) in [7, 11) is 0. The van der Waals surface area contributed by atoms with Gasteiger partial charge in [0.05, 0.1) is 17.4 Å². The summed E-state index contributed by atoms with van der Waals surface area (Å²) >= 11 is 0.659. The standard InChI is InChI=1S/C11H14NO7PS2/c13-10(14)5-4-9(11(15)16)19-20(17,22-18)21-7-8-3-1-2-6-12-8/h1-3,6,9,18H,4-5,7H2,(H,13,14)(H,15,16). The molecular formula is C11H14NO7PS2. The maximum Gasteiger partial charge on any atom is 0.340 e. The van der Waals surface area contributed by atoms with E-state index in [2.05, 4.69) is 4.98 Å². The number of hydrogen-bond acceptors (Lipinski definition) is 8. The van der Waals surface area contributed by atoms with Gasteiger partial charge in [0.1, 0.15) is 0 Å². The Morgan fingerprint density at radius 1 is 1.36 bits per heavy atom. The molecule has 0 aliphatic carbocycles. The molecule has 0 saturated heterocycles. The predicted molar refractivity (Wildman–Crippen MR) is 82.7 cm³/mol. The minimum absolute atomic E-state index is 0.0708. The van der Waals surface area contributed by atoms with E-state index >= 15 is 0 Å². The van der Waals surface area contributed by atoms with Crippen LogP contribution in [-0.2, 0) is 24.4 Å². The van der Waals surface area contributed by atoms with Crippen molar-refractivity contribution in [2.75, 3.05) is 0 Å². The van der Waals surface area contributed by atoms with Crippen LogP contribution < -0.4 is 0 Å². The Balaban J connectivity index is 2.67. The van der Waals surface area contributed by atoms with Gasteiger partial charge in [-0.25, -0.2) is 4.79 Å². The van der Waals surface area contributed by atoms with Crippen molar-refractivity contribution in [1.82, 2.24) is 4.98 Å². The van der Waals surface area contributed by atoms with E-state index in [0.29, 0.717) is 5.69 Å². The Labute approximate surface area is 134 Å². The smallest absolute Gasteiger partial charge is 0.340 e. The first-order valence-corrected chi connectivity index (χ1v) is 10.6. The second-order valence-corrected chi connectivity index (χ2v) is 10.6. The van der Waals surface area contributed by atoms with Crippen molar-refractivity contribution in [3.8, 4) is 0 Å². The second-order valence-electron chi connectivity index (χ2n) is 3.99. The molecule has 0 amide bonds. The summed E-state index contributed by atoms with van der Waals surface area (Å²) in [6.45, 7) is 0. The molecule has 2 unspecified atom stereocenters. The van der Waals surface area contributed by atoms with Crippen LogP contribution in [0.5, 0.6) is 0 Å². The van der Waals surface area contributed by atoms with E-state index in [0.717, 1.165) is 11.4 Å². The summed E-state index contributed by atoms with van der Waals surface area (Å²) in [6.07, 6.45) is -0.823. The van der Waals surface area contributed by atoms with Crippen molar-refractivity contribution >= 4 is 40.8 Å². The van der Waals surface area contributed by atoms with Gasteiger partial charge < -0.3 is 14.8 Å². The maximum atomic E-state index is 12.3.